The molecule has 0 aliphatic carbocycles. The smallest absolute Gasteiger partial charge is 0.251 e. The Hall–Kier alpha value is -1.83. The fraction of sp³-hybridized carbons (Fsp3) is 0.214. The van der Waals surface area contributed by atoms with Crippen LogP contribution < -0.4 is 11.3 Å². The standard InChI is InChI=1S/C14H14N2OS/c1-11-4-6-16(14(17)7-11)9-13-8-12(10-18-13)3-2-5-15/h4,6-8,10H,5,9,15H2,1H3. The Morgan fingerprint density at radius 2 is 2.28 bits per heavy atom. The van der Waals surface area contributed by atoms with Crippen LogP contribution in [-0.2, 0) is 6.54 Å². The second-order valence-electron chi connectivity index (χ2n) is 3.98. The third kappa shape index (κ3) is 3.10. The van der Waals surface area contributed by atoms with Crippen molar-refractivity contribution in [1.82, 2.24) is 4.57 Å². The van der Waals surface area contributed by atoms with Crippen molar-refractivity contribution in [3.8, 4) is 11.8 Å². The SMILES string of the molecule is Cc1ccn(Cc2cc(C#CCN)cs2)c(=O)c1. The van der Waals surface area contributed by atoms with Gasteiger partial charge in [0.05, 0.1) is 13.1 Å². The highest BCUT2D eigenvalue weighted by Gasteiger charge is 2.01. The number of aromatic nitrogens is 1. The molecule has 0 amide bonds. The van der Waals surface area contributed by atoms with Crippen molar-refractivity contribution in [2.75, 3.05) is 6.54 Å². The molecular weight excluding hydrogens is 244 g/mol. The van der Waals surface area contributed by atoms with Crippen molar-refractivity contribution < 1.29 is 0 Å². The fourth-order valence-electron chi connectivity index (χ4n) is 1.59. The van der Waals surface area contributed by atoms with Gasteiger partial charge >= 0.3 is 0 Å². The minimum absolute atomic E-state index is 0.0259. The van der Waals surface area contributed by atoms with Crippen molar-refractivity contribution in [3.63, 3.8) is 0 Å². The molecule has 2 aromatic heterocycles. The summed E-state index contributed by atoms with van der Waals surface area (Å²) >= 11 is 1.60. The lowest BCUT2D eigenvalue weighted by Gasteiger charge is -2.03. The summed E-state index contributed by atoms with van der Waals surface area (Å²) in [7, 11) is 0. The third-order valence-electron chi connectivity index (χ3n) is 2.47. The second kappa shape index (κ2) is 5.67. The maximum atomic E-state index is 11.7. The first-order chi connectivity index (χ1) is 8.69. The highest BCUT2D eigenvalue weighted by atomic mass is 32.1. The van der Waals surface area contributed by atoms with Crippen LogP contribution in [0.25, 0.3) is 0 Å². The highest BCUT2D eigenvalue weighted by Crippen LogP contribution is 2.14. The Morgan fingerprint density at radius 1 is 1.44 bits per heavy atom. The van der Waals surface area contributed by atoms with Gasteiger partial charge in [-0.05, 0) is 24.6 Å². The number of thiophene rings is 1. The van der Waals surface area contributed by atoms with E-state index in [2.05, 4.69) is 11.8 Å². The molecule has 0 spiro atoms. The van der Waals surface area contributed by atoms with Gasteiger partial charge in [-0.2, -0.15) is 0 Å². The molecule has 2 rings (SSSR count). The molecule has 2 aromatic rings. The molecule has 2 heterocycles. The number of rotatable bonds is 2. The Balaban J connectivity index is 2.19. The highest BCUT2D eigenvalue weighted by molar-refractivity contribution is 7.10. The van der Waals surface area contributed by atoms with E-state index in [1.807, 2.05) is 30.6 Å². The van der Waals surface area contributed by atoms with Crippen LogP contribution in [0.5, 0.6) is 0 Å². The van der Waals surface area contributed by atoms with E-state index >= 15 is 0 Å². The van der Waals surface area contributed by atoms with E-state index in [9.17, 15) is 4.79 Å². The molecule has 0 fully saturated rings. The van der Waals surface area contributed by atoms with E-state index in [0.29, 0.717) is 13.1 Å². The molecule has 92 valence electrons. The summed E-state index contributed by atoms with van der Waals surface area (Å²) in [5.74, 6) is 5.80. The van der Waals surface area contributed by atoms with E-state index < -0.39 is 0 Å². The number of nitrogens with two attached hydrogens (primary N) is 1. The molecule has 3 nitrogen and oxygen atoms in total. The van der Waals surface area contributed by atoms with Gasteiger partial charge in [0.15, 0.2) is 0 Å². The van der Waals surface area contributed by atoms with E-state index in [-0.39, 0.29) is 5.56 Å². The van der Waals surface area contributed by atoms with E-state index in [1.54, 1.807) is 22.0 Å². The molecule has 4 heteroatoms. The number of aryl methyl sites for hydroxylation is 1. The molecule has 0 aliphatic rings. The molecule has 0 atom stereocenters. The maximum Gasteiger partial charge on any atom is 0.251 e. The van der Waals surface area contributed by atoms with Crippen LogP contribution in [0.15, 0.2) is 34.6 Å². The van der Waals surface area contributed by atoms with E-state index in [0.717, 1.165) is 16.0 Å². The molecule has 0 bridgehead atoms. The third-order valence-corrected chi connectivity index (χ3v) is 3.39. The first-order valence-corrected chi connectivity index (χ1v) is 6.50. The zero-order valence-corrected chi connectivity index (χ0v) is 11.0. The lowest BCUT2D eigenvalue weighted by molar-refractivity contribution is 0.767. The molecule has 2 N–H and O–H groups in total. The average molecular weight is 258 g/mol. The topological polar surface area (TPSA) is 48.0 Å². The first-order valence-electron chi connectivity index (χ1n) is 5.62. The van der Waals surface area contributed by atoms with Crippen molar-refractivity contribution in [2.45, 2.75) is 13.5 Å². The Bertz CT molecular complexity index is 658. The number of pyridine rings is 1. The Labute approximate surface area is 110 Å². The Kier molecular flexibility index (Phi) is 3.98. The van der Waals surface area contributed by atoms with Crippen LogP contribution in [0, 0.1) is 18.8 Å². The first kappa shape index (κ1) is 12.6. The Morgan fingerprint density at radius 3 is 3.00 bits per heavy atom. The van der Waals surface area contributed by atoms with Gasteiger partial charge in [0.1, 0.15) is 0 Å². The summed E-state index contributed by atoms with van der Waals surface area (Å²) in [5, 5.41) is 1.98. The molecular formula is C14H14N2OS. The van der Waals surface area contributed by atoms with Gasteiger partial charge in [0.2, 0.25) is 0 Å². The molecule has 0 saturated heterocycles. The van der Waals surface area contributed by atoms with Crippen LogP contribution in [0.1, 0.15) is 16.0 Å². The predicted octanol–water partition coefficient (Wildman–Crippen LogP) is 1.58. The fourth-order valence-corrected chi connectivity index (χ4v) is 2.40. The van der Waals surface area contributed by atoms with Gasteiger partial charge in [-0.15, -0.1) is 11.3 Å². The molecule has 0 saturated carbocycles. The summed E-state index contributed by atoms with van der Waals surface area (Å²) in [6, 6.07) is 5.58. The monoisotopic (exact) mass is 258 g/mol. The van der Waals surface area contributed by atoms with Gasteiger partial charge in [0, 0.05) is 28.1 Å². The normalized spacial score (nSPS) is 9.89. The minimum atomic E-state index is 0.0259. The van der Waals surface area contributed by atoms with Crippen LogP contribution in [0.2, 0.25) is 0 Å². The lowest BCUT2D eigenvalue weighted by Crippen LogP contribution is -2.18. The van der Waals surface area contributed by atoms with Crippen molar-refractivity contribution in [2.24, 2.45) is 5.73 Å². The zero-order valence-electron chi connectivity index (χ0n) is 10.1. The summed E-state index contributed by atoms with van der Waals surface area (Å²) in [6.07, 6.45) is 1.82. The van der Waals surface area contributed by atoms with Crippen LogP contribution in [0.4, 0.5) is 0 Å². The lowest BCUT2D eigenvalue weighted by atomic mass is 10.3. The number of nitrogens with zero attached hydrogens (tertiary/aromatic N) is 1. The second-order valence-corrected chi connectivity index (χ2v) is 4.97. The van der Waals surface area contributed by atoms with E-state index in [1.165, 1.54) is 0 Å². The number of hydrogen-bond donors (Lipinski definition) is 1. The molecule has 0 aliphatic heterocycles. The maximum absolute atomic E-state index is 11.7. The van der Waals surface area contributed by atoms with Gasteiger partial charge in [-0.25, -0.2) is 0 Å². The molecule has 0 aromatic carbocycles. The van der Waals surface area contributed by atoms with E-state index in [4.69, 9.17) is 5.73 Å². The predicted molar refractivity (Wildman–Crippen MR) is 74.8 cm³/mol. The number of hydrogen-bond acceptors (Lipinski definition) is 3. The summed E-state index contributed by atoms with van der Waals surface area (Å²) in [5.41, 5.74) is 7.29. The summed E-state index contributed by atoms with van der Waals surface area (Å²) in [6.45, 7) is 2.87. The zero-order chi connectivity index (χ0) is 13.0. The molecule has 18 heavy (non-hydrogen) atoms. The molecule has 0 radical (unpaired) electrons. The summed E-state index contributed by atoms with van der Waals surface area (Å²) < 4.78 is 1.69. The largest absolute Gasteiger partial charge is 0.320 e. The average Bonchev–Trinajstić information content (AvgIpc) is 2.78. The van der Waals surface area contributed by atoms with Crippen molar-refractivity contribution >= 4 is 11.3 Å². The minimum Gasteiger partial charge on any atom is -0.320 e. The summed E-state index contributed by atoms with van der Waals surface area (Å²) in [4.78, 5) is 12.9. The van der Waals surface area contributed by atoms with Gasteiger partial charge in [-0.3, -0.25) is 4.79 Å². The van der Waals surface area contributed by atoms with Crippen LogP contribution >= 0.6 is 11.3 Å². The molecule has 0 unspecified atom stereocenters. The van der Waals surface area contributed by atoms with Crippen LogP contribution in [-0.4, -0.2) is 11.1 Å². The van der Waals surface area contributed by atoms with Gasteiger partial charge < -0.3 is 10.3 Å². The quantitative estimate of drug-likeness (QED) is 0.831. The van der Waals surface area contributed by atoms with Crippen molar-refractivity contribution in [3.05, 3.63) is 56.1 Å². The van der Waals surface area contributed by atoms with Gasteiger partial charge in [-0.1, -0.05) is 11.8 Å². The van der Waals surface area contributed by atoms with Crippen LogP contribution in [0.3, 0.4) is 0 Å². The van der Waals surface area contributed by atoms with Crippen molar-refractivity contribution in [1.29, 1.82) is 0 Å². The van der Waals surface area contributed by atoms with Gasteiger partial charge in [0.25, 0.3) is 5.56 Å².